The van der Waals surface area contributed by atoms with Crippen molar-refractivity contribution in [3.8, 4) is 11.1 Å². The van der Waals surface area contributed by atoms with E-state index in [4.69, 9.17) is 4.74 Å². The van der Waals surface area contributed by atoms with Gasteiger partial charge >= 0.3 is 12.1 Å². The minimum absolute atomic E-state index is 0.311. The number of hydrogen-bond donors (Lipinski definition) is 2. The predicted octanol–water partition coefficient (Wildman–Crippen LogP) is 5.52. The van der Waals surface area contributed by atoms with Crippen LogP contribution in [0.1, 0.15) is 46.1 Å². The van der Waals surface area contributed by atoms with Crippen molar-refractivity contribution in [1.29, 1.82) is 0 Å². The van der Waals surface area contributed by atoms with Gasteiger partial charge in [0.2, 0.25) is 0 Å². The molecule has 0 radical (unpaired) electrons. The lowest BCUT2D eigenvalue weighted by Crippen LogP contribution is -2.56. The number of ether oxygens (including phenoxy) is 1. The van der Waals surface area contributed by atoms with Crippen molar-refractivity contribution in [1.82, 2.24) is 5.32 Å². The van der Waals surface area contributed by atoms with Gasteiger partial charge in [0.1, 0.15) is 17.0 Å². The van der Waals surface area contributed by atoms with E-state index in [0.29, 0.717) is 5.56 Å². The standard InChI is InChI=1S/C24H28FNO4/c1-6-7-20(24(5,21(27)28)26-22(29)30-23(2,3)4)18-10-8-16(9-11-18)17-12-14-19(25)15-13-17/h6-15,20H,1-5H3,(H,26,29)(H,27,28)/t20-,24-/m0/s1. The third kappa shape index (κ3) is 5.69. The van der Waals surface area contributed by atoms with Crippen LogP contribution in [0.15, 0.2) is 60.7 Å². The van der Waals surface area contributed by atoms with Gasteiger partial charge in [-0.05, 0) is 63.4 Å². The number of aliphatic carboxylic acids is 1. The van der Waals surface area contributed by atoms with Crippen LogP contribution < -0.4 is 5.32 Å². The molecule has 160 valence electrons. The van der Waals surface area contributed by atoms with Crippen molar-refractivity contribution in [2.45, 2.75) is 51.7 Å². The molecule has 0 aliphatic carbocycles. The molecule has 0 spiro atoms. The number of nitrogens with one attached hydrogen (secondary N) is 1. The summed E-state index contributed by atoms with van der Waals surface area (Å²) in [6.07, 6.45) is 2.68. The van der Waals surface area contributed by atoms with E-state index in [1.54, 1.807) is 64.1 Å². The van der Waals surface area contributed by atoms with Crippen LogP contribution in [-0.4, -0.2) is 28.3 Å². The Morgan fingerprint density at radius 3 is 1.93 bits per heavy atom. The highest BCUT2D eigenvalue weighted by Gasteiger charge is 2.43. The SMILES string of the molecule is CC=C[C@@H](c1ccc(-c2ccc(F)cc2)cc1)[C@](C)(NC(=O)OC(C)(C)C)C(=O)O. The van der Waals surface area contributed by atoms with E-state index in [0.717, 1.165) is 11.1 Å². The molecule has 0 heterocycles. The summed E-state index contributed by atoms with van der Waals surface area (Å²) in [5, 5.41) is 12.5. The maximum atomic E-state index is 13.2. The molecule has 0 aromatic heterocycles. The second-order valence-electron chi connectivity index (χ2n) is 8.27. The Bertz CT molecular complexity index is 914. The van der Waals surface area contributed by atoms with Gasteiger partial charge in [0.25, 0.3) is 0 Å². The maximum Gasteiger partial charge on any atom is 0.408 e. The van der Waals surface area contributed by atoms with Crippen LogP contribution in [0, 0.1) is 5.82 Å². The maximum absolute atomic E-state index is 13.2. The molecule has 2 atom stereocenters. The largest absolute Gasteiger partial charge is 0.479 e. The molecule has 5 nitrogen and oxygen atoms in total. The summed E-state index contributed by atoms with van der Waals surface area (Å²) in [7, 11) is 0. The molecule has 0 aliphatic rings. The van der Waals surface area contributed by atoms with Crippen molar-refractivity contribution >= 4 is 12.1 Å². The molecule has 2 rings (SSSR count). The average Bonchev–Trinajstić information content (AvgIpc) is 2.65. The molecule has 6 heteroatoms. The molecule has 0 saturated heterocycles. The van der Waals surface area contributed by atoms with Crippen LogP contribution in [0.25, 0.3) is 11.1 Å². The zero-order chi connectivity index (χ0) is 22.5. The van der Waals surface area contributed by atoms with Gasteiger partial charge in [-0.1, -0.05) is 48.6 Å². The Morgan fingerprint density at radius 1 is 1.00 bits per heavy atom. The molecule has 0 saturated carbocycles. The fraction of sp³-hybridized carbons (Fsp3) is 0.333. The molecule has 1 amide bonds. The van der Waals surface area contributed by atoms with Gasteiger partial charge in [-0.15, -0.1) is 0 Å². The Hall–Kier alpha value is -3.15. The highest BCUT2D eigenvalue weighted by atomic mass is 19.1. The van der Waals surface area contributed by atoms with E-state index in [2.05, 4.69) is 5.32 Å². The van der Waals surface area contributed by atoms with Gasteiger partial charge in [-0.3, -0.25) is 0 Å². The highest BCUT2D eigenvalue weighted by Crippen LogP contribution is 2.32. The number of hydrogen-bond acceptors (Lipinski definition) is 3. The number of carbonyl (C=O) groups is 2. The number of carboxylic acids is 1. The van der Waals surface area contributed by atoms with E-state index in [-0.39, 0.29) is 5.82 Å². The number of carbonyl (C=O) groups excluding carboxylic acids is 1. The van der Waals surface area contributed by atoms with Crippen LogP contribution in [0.2, 0.25) is 0 Å². The first-order valence-electron chi connectivity index (χ1n) is 9.69. The third-order valence-electron chi connectivity index (χ3n) is 4.66. The number of rotatable bonds is 6. The number of halogens is 1. The van der Waals surface area contributed by atoms with E-state index in [1.165, 1.54) is 19.1 Å². The predicted molar refractivity (Wildman–Crippen MR) is 115 cm³/mol. The number of allylic oxidation sites excluding steroid dienone is 1. The molecular weight excluding hydrogens is 385 g/mol. The summed E-state index contributed by atoms with van der Waals surface area (Å²) in [6.45, 7) is 8.38. The molecule has 0 unspecified atom stereocenters. The normalized spacial score (nSPS) is 14.7. The lowest BCUT2D eigenvalue weighted by Gasteiger charge is -2.34. The number of benzene rings is 2. The molecule has 30 heavy (non-hydrogen) atoms. The van der Waals surface area contributed by atoms with Crippen LogP contribution in [0.5, 0.6) is 0 Å². The monoisotopic (exact) mass is 413 g/mol. The van der Waals surface area contributed by atoms with E-state index in [1.807, 2.05) is 12.1 Å². The van der Waals surface area contributed by atoms with Crippen molar-refractivity contribution in [3.05, 3.63) is 72.1 Å². The van der Waals surface area contributed by atoms with Crippen LogP contribution in [0.4, 0.5) is 9.18 Å². The van der Waals surface area contributed by atoms with E-state index < -0.39 is 29.1 Å². The lowest BCUT2D eigenvalue weighted by atomic mass is 9.79. The Morgan fingerprint density at radius 2 is 1.50 bits per heavy atom. The van der Waals surface area contributed by atoms with Gasteiger partial charge in [0, 0.05) is 5.92 Å². The number of alkyl carbamates (subject to hydrolysis) is 1. The molecule has 2 N–H and O–H groups in total. The minimum atomic E-state index is -1.63. The lowest BCUT2D eigenvalue weighted by molar-refractivity contribution is -0.144. The van der Waals surface area contributed by atoms with E-state index in [9.17, 15) is 19.1 Å². The third-order valence-corrected chi connectivity index (χ3v) is 4.66. The van der Waals surface area contributed by atoms with E-state index >= 15 is 0 Å². The van der Waals surface area contributed by atoms with Crippen molar-refractivity contribution in [2.24, 2.45) is 0 Å². The number of carboxylic acid groups (broad SMARTS) is 1. The molecule has 0 bridgehead atoms. The Kier molecular flexibility index (Phi) is 7.03. The first-order valence-corrected chi connectivity index (χ1v) is 9.69. The first-order chi connectivity index (χ1) is 14.0. The van der Waals surface area contributed by atoms with Gasteiger partial charge in [-0.2, -0.15) is 0 Å². The quantitative estimate of drug-likeness (QED) is 0.612. The van der Waals surface area contributed by atoms with Crippen molar-refractivity contribution < 1.29 is 23.8 Å². The van der Waals surface area contributed by atoms with Gasteiger partial charge in [0.15, 0.2) is 0 Å². The summed E-state index contributed by atoms with van der Waals surface area (Å²) >= 11 is 0. The van der Waals surface area contributed by atoms with Crippen LogP contribution >= 0.6 is 0 Å². The fourth-order valence-corrected chi connectivity index (χ4v) is 3.13. The first kappa shape index (κ1) is 23.1. The summed E-state index contributed by atoms with van der Waals surface area (Å²) in [5.41, 5.74) is 0.0382. The second kappa shape index (κ2) is 9.11. The number of amides is 1. The van der Waals surface area contributed by atoms with Crippen molar-refractivity contribution in [3.63, 3.8) is 0 Å². The van der Waals surface area contributed by atoms with Gasteiger partial charge in [0.05, 0.1) is 0 Å². The Balaban J connectivity index is 2.38. The summed E-state index contributed by atoms with van der Waals surface area (Å²) in [5.74, 6) is -2.14. The smallest absolute Gasteiger partial charge is 0.408 e. The van der Waals surface area contributed by atoms with Crippen LogP contribution in [-0.2, 0) is 9.53 Å². The summed E-state index contributed by atoms with van der Waals surface area (Å²) in [4.78, 5) is 24.5. The highest BCUT2D eigenvalue weighted by molar-refractivity contribution is 5.86. The molecule has 2 aromatic rings. The molecule has 0 fully saturated rings. The Labute approximate surface area is 176 Å². The van der Waals surface area contributed by atoms with Crippen molar-refractivity contribution in [2.75, 3.05) is 0 Å². The second-order valence-corrected chi connectivity index (χ2v) is 8.27. The molecule has 0 aliphatic heterocycles. The summed E-state index contributed by atoms with van der Waals surface area (Å²) < 4.78 is 18.4. The zero-order valence-electron chi connectivity index (χ0n) is 17.9. The van der Waals surface area contributed by atoms with Crippen LogP contribution in [0.3, 0.4) is 0 Å². The molecular formula is C24H28FNO4. The topological polar surface area (TPSA) is 75.6 Å². The molecule has 2 aromatic carbocycles. The summed E-state index contributed by atoms with van der Waals surface area (Å²) in [6, 6.07) is 13.4. The average molecular weight is 413 g/mol. The fourth-order valence-electron chi connectivity index (χ4n) is 3.13. The van der Waals surface area contributed by atoms with Gasteiger partial charge < -0.3 is 15.2 Å². The van der Waals surface area contributed by atoms with Gasteiger partial charge in [-0.25, -0.2) is 14.0 Å². The zero-order valence-corrected chi connectivity index (χ0v) is 17.9. The minimum Gasteiger partial charge on any atom is -0.479 e.